The number of imidazole rings is 1. The summed E-state index contributed by atoms with van der Waals surface area (Å²) in [7, 11) is 0. The first-order valence-electron chi connectivity index (χ1n) is 11.1. The fourth-order valence-corrected chi connectivity index (χ4v) is 3.98. The van der Waals surface area contributed by atoms with Crippen molar-refractivity contribution in [2.45, 2.75) is 25.2 Å². The highest BCUT2D eigenvalue weighted by atomic mass is 19.4. The van der Waals surface area contributed by atoms with Crippen LogP contribution in [0.2, 0.25) is 0 Å². The molecule has 4 N–H and O–H groups in total. The molecular formula is C26H25F3N4O2. The Hall–Kier alpha value is -3.69. The molecule has 0 amide bonds. The lowest BCUT2D eigenvalue weighted by molar-refractivity contribution is -0.192. The number of aromatic amines is 1. The van der Waals surface area contributed by atoms with Crippen LogP contribution in [0.1, 0.15) is 12.0 Å². The molecule has 0 bridgehead atoms. The van der Waals surface area contributed by atoms with E-state index < -0.39 is 12.1 Å². The largest absolute Gasteiger partial charge is 0.490 e. The van der Waals surface area contributed by atoms with Crippen LogP contribution < -0.4 is 5.73 Å². The number of carbonyl (C=O) groups is 1. The summed E-state index contributed by atoms with van der Waals surface area (Å²) in [5.74, 6) is -1.85. The number of halogens is 3. The zero-order valence-electron chi connectivity index (χ0n) is 18.8. The number of para-hydroxylation sites is 2. The Morgan fingerprint density at radius 2 is 1.57 bits per heavy atom. The van der Waals surface area contributed by atoms with E-state index in [4.69, 9.17) is 15.6 Å². The van der Waals surface area contributed by atoms with Gasteiger partial charge in [-0.2, -0.15) is 13.2 Å². The molecule has 4 aromatic rings. The summed E-state index contributed by atoms with van der Waals surface area (Å²) < 4.78 is 31.7. The van der Waals surface area contributed by atoms with E-state index in [1.807, 2.05) is 18.2 Å². The molecule has 2 heterocycles. The number of aromatic nitrogens is 2. The summed E-state index contributed by atoms with van der Waals surface area (Å²) in [5, 5.41) is 7.12. The van der Waals surface area contributed by atoms with Crippen molar-refractivity contribution >= 4 is 17.0 Å². The maximum atomic E-state index is 10.6. The molecule has 1 aliphatic rings. The Morgan fingerprint density at radius 3 is 2.11 bits per heavy atom. The van der Waals surface area contributed by atoms with Crippen LogP contribution in [0, 0.1) is 0 Å². The molecule has 1 unspecified atom stereocenters. The number of benzene rings is 3. The van der Waals surface area contributed by atoms with E-state index in [0.717, 1.165) is 48.5 Å². The minimum absolute atomic E-state index is 0.338. The van der Waals surface area contributed by atoms with E-state index in [0.29, 0.717) is 6.04 Å². The zero-order valence-corrected chi connectivity index (χ0v) is 18.8. The van der Waals surface area contributed by atoms with Gasteiger partial charge in [0.2, 0.25) is 0 Å². The smallest absolute Gasteiger partial charge is 0.475 e. The van der Waals surface area contributed by atoms with E-state index in [2.05, 4.69) is 69.5 Å². The van der Waals surface area contributed by atoms with Gasteiger partial charge in [0.15, 0.2) is 0 Å². The highest BCUT2D eigenvalue weighted by Crippen LogP contribution is 2.25. The molecular weight excluding hydrogens is 457 g/mol. The molecule has 0 spiro atoms. The molecule has 1 aromatic heterocycles. The Balaban J connectivity index is 0.000000364. The van der Waals surface area contributed by atoms with Crippen molar-refractivity contribution in [3.05, 3.63) is 78.4 Å². The maximum Gasteiger partial charge on any atom is 0.490 e. The number of aliphatic carboxylic acids is 1. The van der Waals surface area contributed by atoms with Crippen molar-refractivity contribution < 1.29 is 23.1 Å². The summed E-state index contributed by atoms with van der Waals surface area (Å²) in [4.78, 5) is 19.4. The summed E-state index contributed by atoms with van der Waals surface area (Å²) in [5.41, 5.74) is 13.0. The van der Waals surface area contributed by atoms with Gasteiger partial charge in [-0.05, 0) is 35.2 Å². The molecule has 0 radical (unpaired) electrons. The van der Waals surface area contributed by atoms with Crippen molar-refractivity contribution in [2.24, 2.45) is 5.73 Å². The number of hydrogen-bond donors (Lipinski definition) is 3. The number of hydrogen-bond acceptors (Lipinski definition) is 4. The van der Waals surface area contributed by atoms with Gasteiger partial charge in [-0.1, -0.05) is 60.7 Å². The molecule has 35 heavy (non-hydrogen) atoms. The van der Waals surface area contributed by atoms with Crippen LogP contribution in [0.4, 0.5) is 13.2 Å². The number of nitrogens with zero attached hydrogens (tertiary/aromatic N) is 2. The minimum Gasteiger partial charge on any atom is -0.475 e. The van der Waals surface area contributed by atoms with E-state index in [1.54, 1.807) is 0 Å². The van der Waals surface area contributed by atoms with E-state index in [9.17, 15) is 13.2 Å². The molecule has 1 atom stereocenters. The summed E-state index contributed by atoms with van der Waals surface area (Å²) in [6.07, 6.45) is -3.98. The van der Waals surface area contributed by atoms with E-state index >= 15 is 0 Å². The predicted octanol–water partition coefficient (Wildman–Crippen LogP) is 5.06. The first-order chi connectivity index (χ1) is 16.7. The summed E-state index contributed by atoms with van der Waals surface area (Å²) in [6, 6.07) is 25.9. The Bertz CT molecular complexity index is 1250. The number of likely N-dealkylation sites (tertiary alicyclic amines) is 1. The Labute approximate surface area is 200 Å². The van der Waals surface area contributed by atoms with Gasteiger partial charge < -0.3 is 15.8 Å². The van der Waals surface area contributed by atoms with Crippen molar-refractivity contribution in [3.63, 3.8) is 0 Å². The van der Waals surface area contributed by atoms with Gasteiger partial charge in [0.05, 0.1) is 11.0 Å². The summed E-state index contributed by atoms with van der Waals surface area (Å²) >= 11 is 0. The number of alkyl halides is 3. The molecule has 5 rings (SSSR count). The van der Waals surface area contributed by atoms with E-state index in [1.165, 1.54) is 16.7 Å². The number of nitrogens with one attached hydrogen (secondary N) is 1. The highest BCUT2D eigenvalue weighted by Gasteiger charge is 2.38. The van der Waals surface area contributed by atoms with Crippen molar-refractivity contribution in [3.8, 4) is 22.5 Å². The van der Waals surface area contributed by atoms with Crippen molar-refractivity contribution in [2.75, 3.05) is 13.1 Å². The second-order valence-electron chi connectivity index (χ2n) is 8.46. The number of carboxylic acids is 1. The predicted molar refractivity (Wildman–Crippen MR) is 129 cm³/mol. The fourth-order valence-electron chi connectivity index (χ4n) is 3.98. The van der Waals surface area contributed by atoms with Gasteiger partial charge in [-0.25, -0.2) is 9.78 Å². The van der Waals surface area contributed by atoms with Gasteiger partial charge in [0.1, 0.15) is 5.82 Å². The third-order valence-corrected chi connectivity index (χ3v) is 5.79. The van der Waals surface area contributed by atoms with Crippen LogP contribution in [0.15, 0.2) is 72.8 Å². The van der Waals surface area contributed by atoms with Crippen LogP contribution in [-0.4, -0.2) is 51.3 Å². The van der Waals surface area contributed by atoms with Gasteiger partial charge in [-0.3, -0.25) is 4.90 Å². The topological polar surface area (TPSA) is 95.2 Å². The molecule has 182 valence electrons. The average Bonchev–Trinajstić information content (AvgIpc) is 3.45. The lowest BCUT2D eigenvalue weighted by Crippen LogP contribution is -2.26. The lowest BCUT2D eigenvalue weighted by Gasteiger charge is -2.15. The summed E-state index contributed by atoms with van der Waals surface area (Å²) in [6.45, 7) is 3.09. The van der Waals surface area contributed by atoms with Crippen LogP contribution in [-0.2, 0) is 11.3 Å². The number of rotatable bonds is 4. The highest BCUT2D eigenvalue weighted by molar-refractivity contribution is 5.79. The van der Waals surface area contributed by atoms with Crippen molar-refractivity contribution in [1.29, 1.82) is 0 Å². The standard InChI is InChI=1S/C24H24N4.C2HF3O2/c25-21-13-14-28(16-21)15-17-5-7-18(8-6-17)19-9-11-20(12-10-19)24-26-22-3-1-2-4-23(22)27-24;3-2(4,5)1(6)7/h1-12,21H,13-16,25H2,(H,26,27);(H,6,7). The van der Waals surface area contributed by atoms with Gasteiger partial charge >= 0.3 is 12.1 Å². The number of fused-ring (bicyclic) bond motifs is 1. The number of carboxylic acid groups (broad SMARTS) is 1. The number of H-pyrrole nitrogens is 1. The molecule has 0 aliphatic carbocycles. The molecule has 6 nitrogen and oxygen atoms in total. The van der Waals surface area contributed by atoms with Crippen LogP contribution in [0.5, 0.6) is 0 Å². The van der Waals surface area contributed by atoms with Crippen LogP contribution in [0.3, 0.4) is 0 Å². The minimum atomic E-state index is -5.08. The second-order valence-corrected chi connectivity index (χ2v) is 8.46. The molecule has 1 saturated heterocycles. The first-order valence-corrected chi connectivity index (χ1v) is 11.1. The Morgan fingerprint density at radius 1 is 1.00 bits per heavy atom. The number of nitrogens with two attached hydrogens (primary N) is 1. The van der Waals surface area contributed by atoms with E-state index in [-0.39, 0.29) is 0 Å². The zero-order chi connectivity index (χ0) is 25.0. The van der Waals surface area contributed by atoms with Crippen LogP contribution >= 0.6 is 0 Å². The third-order valence-electron chi connectivity index (χ3n) is 5.79. The maximum absolute atomic E-state index is 10.6. The quantitative estimate of drug-likeness (QED) is 0.378. The first kappa shape index (κ1) is 24.4. The fraction of sp³-hybridized carbons (Fsp3) is 0.231. The third kappa shape index (κ3) is 6.26. The Kier molecular flexibility index (Phi) is 7.18. The normalized spacial score (nSPS) is 16.2. The van der Waals surface area contributed by atoms with Gasteiger partial charge in [0.25, 0.3) is 0 Å². The monoisotopic (exact) mass is 482 g/mol. The lowest BCUT2D eigenvalue weighted by atomic mass is 10.0. The van der Waals surface area contributed by atoms with Crippen molar-refractivity contribution in [1.82, 2.24) is 14.9 Å². The van der Waals surface area contributed by atoms with Crippen LogP contribution in [0.25, 0.3) is 33.5 Å². The molecule has 9 heteroatoms. The molecule has 1 aliphatic heterocycles. The van der Waals surface area contributed by atoms with Gasteiger partial charge in [-0.15, -0.1) is 0 Å². The molecule has 3 aromatic carbocycles. The molecule has 0 saturated carbocycles. The van der Waals surface area contributed by atoms with Gasteiger partial charge in [0, 0.05) is 31.2 Å². The average molecular weight is 483 g/mol. The molecule has 1 fully saturated rings. The second kappa shape index (κ2) is 10.3. The SMILES string of the molecule is NC1CCN(Cc2ccc(-c3ccc(-c4nc5ccccc5[nH]4)cc3)cc2)C1.O=C(O)C(F)(F)F.